The maximum atomic E-state index is 12.0. The molecule has 20 heavy (non-hydrogen) atoms. The van der Waals surface area contributed by atoms with E-state index < -0.39 is 0 Å². The van der Waals surface area contributed by atoms with Crippen molar-refractivity contribution in [2.24, 2.45) is 0 Å². The van der Waals surface area contributed by atoms with Crippen LogP contribution in [0.25, 0.3) is 22.2 Å². The molecule has 0 atom stereocenters. The molecule has 1 heterocycles. The van der Waals surface area contributed by atoms with Gasteiger partial charge in [0.15, 0.2) is 5.78 Å². The molecule has 0 spiro atoms. The van der Waals surface area contributed by atoms with E-state index in [0.717, 1.165) is 27.7 Å². The van der Waals surface area contributed by atoms with Crippen LogP contribution in [0.5, 0.6) is 0 Å². The number of carbonyl (C=O) groups excluding carboxylic acids is 1. The fourth-order valence-electron chi connectivity index (χ4n) is 2.62. The normalized spacial score (nSPS) is 10.9. The van der Waals surface area contributed by atoms with E-state index in [-0.39, 0.29) is 5.78 Å². The molecule has 0 fully saturated rings. The maximum absolute atomic E-state index is 12.0. The second kappa shape index (κ2) is 4.64. The SMILES string of the molecule is CC(=O)c1c(-c2ccc(C)c(C)c2)[nH]c2ccccc12. The number of hydrogen-bond acceptors (Lipinski definition) is 1. The van der Waals surface area contributed by atoms with Crippen molar-refractivity contribution in [3.63, 3.8) is 0 Å². The summed E-state index contributed by atoms with van der Waals surface area (Å²) in [4.78, 5) is 15.4. The van der Waals surface area contributed by atoms with Crippen LogP contribution in [-0.2, 0) is 0 Å². The Kier molecular flexibility index (Phi) is 2.94. The van der Waals surface area contributed by atoms with Crippen molar-refractivity contribution < 1.29 is 4.79 Å². The van der Waals surface area contributed by atoms with Crippen LogP contribution in [0, 0.1) is 13.8 Å². The lowest BCUT2D eigenvalue weighted by atomic mass is 9.99. The fraction of sp³-hybridized carbons (Fsp3) is 0.167. The number of para-hydroxylation sites is 1. The molecule has 0 aliphatic rings. The second-order valence-corrected chi connectivity index (χ2v) is 5.28. The quantitative estimate of drug-likeness (QED) is 0.670. The number of H-pyrrole nitrogens is 1. The van der Waals surface area contributed by atoms with Crippen LogP contribution >= 0.6 is 0 Å². The molecule has 0 radical (unpaired) electrons. The highest BCUT2D eigenvalue weighted by atomic mass is 16.1. The zero-order chi connectivity index (χ0) is 14.3. The summed E-state index contributed by atoms with van der Waals surface area (Å²) >= 11 is 0. The highest BCUT2D eigenvalue weighted by molar-refractivity contribution is 6.12. The summed E-state index contributed by atoms with van der Waals surface area (Å²) in [5.41, 5.74) is 6.26. The topological polar surface area (TPSA) is 32.9 Å². The number of aromatic amines is 1. The minimum Gasteiger partial charge on any atom is -0.354 e. The monoisotopic (exact) mass is 263 g/mol. The molecule has 2 heteroatoms. The van der Waals surface area contributed by atoms with Gasteiger partial charge in [-0.1, -0.05) is 30.3 Å². The first-order valence-corrected chi connectivity index (χ1v) is 6.77. The predicted molar refractivity (Wildman–Crippen MR) is 83.2 cm³/mol. The van der Waals surface area contributed by atoms with Gasteiger partial charge < -0.3 is 4.98 Å². The van der Waals surface area contributed by atoms with Gasteiger partial charge in [-0.25, -0.2) is 0 Å². The van der Waals surface area contributed by atoms with Crippen LogP contribution in [0.4, 0.5) is 0 Å². The Labute approximate surface area is 118 Å². The van der Waals surface area contributed by atoms with Crippen molar-refractivity contribution >= 4 is 16.7 Å². The van der Waals surface area contributed by atoms with E-state index in [2.05, 4.69) is 37.0 Å². The van der Waals surface area contributed by atoms with E-state index in [1.54, 1.807) is 6.92 Å². The minimum atomic E-state index is 0.0932. The number of ketones is 1. The van der Waals surface area contributed by atoms with Crippen molar-refractivity contribution in [2.45, 2.75) is 20.8 Å². The van der Waals surface area contributed by atoms with Crippen LogP contribution in [0.2, 0.25) is 0 Å². The molecule has 1 N–H and O–H groups in total. The Morgan fingerprint density at radius 1 is 1.00 bits per heavy atom. The van der Waals surface area contributed by atoms with Crippen molar-refractivity contribution in [1.82, 2.24) is 4.98 Å². The van der Waals surface area contributed by atoms with Gasteiger partial charge in [-0.15, -0.1) is 0 Å². The number of benzene rings is 2. The van der Waals surface area contributed by atoms with Crippen molar-refractivity contribution in [3.05, 3.63) is 59.2 Å². The second-order valence-electron chi connectivity index (χ2n) is 5.28. The van der Waals surface area contributed by atoms with E-state index in [1.807, 2.05) is 24.3 Å². The van der Waals surface area contributed by atoms with Gasteiger partial charge in [0.05, 0.1) is 11.3 Å². The number of nitrogens with one attached hydrogen (secondary N) is 1. The van der Waals surface area contributed by atoms with Gasteiger partial charge in [-0.05, 0) is 49.6 Å². The van der Waals surface area contributed by atoms with E-state index in [1.165, 1.54) is 11.1 Å². The Balaban J connectivity index is 2.32. The number of carbonyl (C=O) groups is 1. The highest BCUT2D eigenvalue weighted by Gasteiger charge is 2.16. The lowest BCUT2D eigenvalue weighted by Crippen LogP contribution is -1.94. The van der Waals surface area contributed by atoms with Crippen molar-refractivity contribution in [2.75, 3.05) is 0 Å². The summed E-state index contributed by atoms with van der Waals surface area (Å²) in [6.07, 6.45) is 0. The van der Waals surface area contributed by atoms with Gasteiger partial charge >= 0.3 is 0 Å². The van der Waals surface area contributed by atoms with Gasteiger partial charge in [-0.3, -0.25) is 4.79 Å². The smallest absolute Gasteiger partial charge is 0.162 e. The third-order valence-electron chi connectivity index (χ3n) is 3.85. The molecule has 0 aliphatic carbocycles. The first-order valence-electron chi connectivity index (χ1n) is 6.77. The lowest BCUT2D eigenvalue weighted by molar-refractivity contribution is 0.102. The Bertz CT molecular complexity index is 811. The molecule has 0 unspecified atom stereocenters. The molecule has 0 saturated heterocycles. The van der Waals surface area contributed by atoms with E-state index in [0.29, 0.717) is 0 Å². The molecule has 3 aromatic rings. The minimum absolute atomic E-state index is 0.0932. The molecule has 1 aromatic heterocycles. The first-order chi connectivity index (χ1) is 9.58. The Morgan fingerprint density at radius 2 is 1.75 bits per heavy atom. The number of Topliss-reactive ketones (excluding diaryl/α,β-unsaturated/α-hetero) is 1. The summed E-state index contributed by atoms with van der Waals surface area (Å²) < 4.78 is 0. The Hall–Kier alpha value is -2.35. The zero-order valence-electron chi connectivity index (χ0n) is 11.9. The standard InChI is InChI=1S/C18H17NO/c1-11-8-9-14(10-12(11)2)18-17(13(3)20)15-6-4-5-7-16(15)19-18/h4-10,19H,1-3H3. The molecule has 0 saturated carbocycles. The van der Waals surface area contributed by atoms with Gasteiger partial charge in [0.2, 0.25) is 0 Å². The third kappa shape index (κ3) is 1.94. The number of hydrogen-bond donors (Lipinski definition) is 1. The van der Waals surface area contributed by atoms with Crippen LogP contribution in [0.15, 0.2) is 42.5 Å². The third-order valence-corrected chi connectivity index (χ3v) is 3.85. The number of aromatic nitrogens is 1. The zero-order valence-corrected chi connectivity index (χ0v) is 11.9. The molecular weight excluding hydrogens is 246 g/mol. The van der Waals surface area contributed by atoms with Crippen LogP contribution < -0.4 is 0 Å². The van der Waals surface area contributed by atoms with Crippen LogP contribution in [-0.4, -0.2) is 10.8 Å². The average molecular weight is 263 g/mol. The Morgan fingerprint density at radius 3 is 2.45 bits per heavy atom. The summed E-state index contributed by atoms with van der Waals surface area (Å²) in [6, 6.07) is 14.2. The summed E-state index contributed by atoms with van der Waals surface area (Å²) in [5.74, 6) is 0.0932. The lowest BCUT2D eigenvalue weighted by Gasteiger charge is -2.05. The van der Waals surface area contributed by atoms with Crippen LogP contribution in [0.3, 0.4) is 0 Å². The number of aryl methyl sites for hydroxylation is 2. The number of fused-ring (bicyclic) bond motifs is 1. The summed E-state index contributed by atoms with van der Waals surface area (Å²) in [5, 5.41) is 0.994. The van der Waals surface area contributed by atoms with Crippen LogP contribution in [0.1, 0.15) is 28.4 Å². The molecule has 0 bridgehead atoms. The maximum Gasteiger partial charge on any atom is 0.162 e. The van der Waals surface area contributed by atoms with Crippen molar-refractivity contribution in [3.8, 4) is 11.3 Å². The molecule has 100 valence electrons. The first kappa shape index (κ1) is 12.7. The van der Waals surface area contributed by atoms with Gasteiger partial charge in [0.1, 0.15) is 0 Å². The van der Waals surface area contributed by atoms with E-state index in [9.17, 15) is 4.79 Å². The predicted octanol–water partition coefficient (Wildman–Crippen LogP) is 4.65. The molecule has 0 aliphatic heterocycles. The van der Waals surface area contributed by atoms with Gasteiger partial charge in [-0.2, -0.15) is 0 Å². The van der Waals surface area contributed by atoms with E-state index in [4.69, 9.17) is 0 Å². The molecule has 2 aromatic carbocycles. The molecule has 2 nitrogen and oxygen atoms in total. The molecular formula is C18H17NO. The van der Waals surface area contributed by atoms with Gasteiger partial charge in [0, 0.05) is 10.9 Å². The summed E-state index contributed by atoms with van der Waals surface area (Å²) in [7, 11) is 0. The summed E-state index contributed by atoms with van der Waals surface area (Å²) in [6.45, 7) is 5.81. The van der Waals surface area contributed by atoms with E-state index >= 15 is 0 Å². The van der Waals surface area contributed by atoms with Crippen molar-refractivity contribution in [1.29, 1.82) is 0 Å². The fourth-order valence-corrected chi connectivity index (χ4v) is 2.62. The largest absolute Gasteiger partial charge is 0.354 e. The van der Waals surface area contributed by atoms with Gasteiger partial charge in [0.25, 0.3) is 0 Å². The molecule has 3 rings (SSSR count). The average Bonchev–Trinajstić information content (AvgIpc) is 2.81. The molecule has 0 amide bonds. The number of rotatable bonds is 2. The highest BCUT2D eigenvalue weighted by Crippen LogP contribution is 2.31.